The van der Waals surface area contributed by atoms with Gasteiger partial charge in [-0.05, 0) is 21.8 Å². The summed E-state index contributed by atoms with van der Waals surface area (Å²) in [7, 11) is -2.40. The molecule has 0 aromatic heterocycles. The normalized spacial score (nSPS) is 13.3. The minimum absolute atomic E-state index is 0.0229. The van der Waals surface area contributed by atoms with Gasteiger partial charge in [-0.25, -0.2) is 0 Å². The summed E-state index contributed by atoms with van der Waals surface area (Å²) in [5.74, 6) is 3.04. The molecule has 1 nitrogen and oxygen atoms in total. The second-order valence-corrected chi connectivity index (χ2v) is 11.7. The van der Waals surface area contributed by atoms with E-state index >= 15 is 0 Å². The molecule has 2 aromatic rings. The molecular weight excluding hydrogens is 308 g/mol. The third-order valence-electron chi connectivity index (χ3n) is 4.57. The molecule has 0 fully saturated rings. The predicted octanol–water partition coefficient (Wildman–Crippen LogP) is 4.22. The molecule has 2 heteroatoms. The molecule has 0 radical (unpaired) electrons. The van der Waals surface area contributed by atoms with E-state index in [1.165, 1.54) is 10.4 Å². The first-order chi connectivity index (χ1) is 11.4. The largest absolute Gasteiger partial charge is 0.407 e. The topological polar surface area (TPSA) is 9.23 Å². The van der Waals surface area contributed by atoms with Gasteiger partial charge in [0.05, 0.1) is 0 Å². The maximum Gasteiger partial charge on any atom is 0.261 e. The lowest BCUT2D eigenvalue weighted by molar-refractivity contribution is 0.280. The van der Waals surface area contributed by atoms with E-state index in [4.69, 9.17) is 10.8 Å². The maximum atomic E-state index is 6.78. The minimum Gasteiger partial charge on any atom is -0.407 e. The standard InChI is InChI=1S/C22H28OSi/c1-6-19(2)17-18-23-24(22(3,4)5,20-13-9-7-10-14-20)21-15-11-8-12-16-21/h1,7-16,19H,17-18H2,2-5H3/t19-/m0/s1. The van der Waals surface area contributed by atoms with Gasteiger partial charge in [0.2, 0.25) is 0 Å². The number of hydrogen-bond donors (Lipinski definition) is 0. The Morgan fingerprint density at radius 3 is 1.79 bits per heavy atom. The maximum absolute atomic E-state index is 6.78. The first-order valence-corrected chi connectivity index (χ1v) is 10.5. The van der Waals surface area contributed by atoms with Crippen LogP contribution in [0.4, 0.5) is 0 Å². The molecular formula is C22H28OSi. The van der Waals surface area contributed by atoms with Crippen LogP contribution >= 0.6 is 0 Å². The van der Waals surface area contributed by atoms with E-state index in [1.807, 2.05) is 0 Å². The molecule has 0 amide bonds. The number of rotatable bonds is 6. The summed E-state index contributed by atoms with van der Waals surface area (Å²) < 4.78 is 6.78. The van der Waals surface area contributed by atoms with Crippen LogP contribution in [0.15, 0.2) is 60.7 Å². The van der Waals surface area contributed by atoms with E-state index in [9.17, 15) is 0 Å². The second kappa shape index (κ2) is 7.83. The van der Waals surface area contributed by atoms with Gasteiger partial charge in [0, 0.05) is 12.5 Å². The molecule has 0 saturated carbocycles. The van der Waals surface area contributed by atoms with E-state index in [0.29, 0.717) is 6.61 Å². The van der Waals surface area contributed by atoms with Gasteiger partial charge < -0.3 is 4.43 Å². The first kappa shape index (κ1) is 18.5. The molecule has 126 valence electrons. The van der Waals surface area contributed by atoms with Gasteiger partial charge in [-0.3, -0.25) is 0 Å². The lowest BCUT2D eigenvalue weighted by Gasteiger charge is -2.43. The third kappa shape index (κ3) is 3.80. The Morgan fingerprint density at radius 1 is 0.958 bits per heavy atom. The molecule has 2 aromatic carbocycles. The molecule has 0 N–H and O–H groups in total. The van der Waals surface area contributed by atoms with E-state index in [0.717, 1.165) is 6.42 Å². The fraction of sp³-hybridized carbons (Fsp3) is 0.364. The highest BCUT2D eigenvalue weighted by Gasteiger charge is 2.49. The average molecular weight is 337 g/mol. The summed E-state index contributed by atoms with van der Waals surface area (Å²) >= 11 is 0. The number of hydrogen-bond acceptors (Lipinski definition) is 1. The van der Waals surface area contributed by atoms with Crippen LogP contribution in [0.2, 0.25) is 5.04 Å². The minimum atomic E-state index is -2.40. The van der Waals surface area contributed by atoms with Crippen LogP contribution in [0.25, 0.3) is 0 Å². The molecule has 24 heavy (non-hydrogen) atoms. The smallest absolute Gasteiger partial charge is 0.261 e. The zero-order valence-electron chi connectivity index (χ0n) is 15.3. The quantitative estimate of drug-likeness (QED) is 0.567. The summed E-state index contributed by atoms with van der Waals surface area (Å²) in [6.45, 7) is 9.66. The van der Waals surface area contributed by atoms with Gasteiger partial charge in [-0.15, -0.1) is 12.3 Å². The van der Waals surface area contributed by atoms with Crippen molar-refractivity contribution in [2.75, 3.05) is 6.61 Å². The van der Waals surface area contributed by atoms with E-state index in [2.05, 4.69) is 94.3 Å². The Labute approximate surface area is 148 Å². The number of terminal acetylenes is 1. The van der Waals surface area contributed by atoms with E-state index < -0.39 is 8.32 Å². The van der Waals surface area contributed by atoms with Crippen molar-refractivity contribution < 1.29 is 4.43 Å². The SMILES string of the molecule is C#C[C@H](C)CCO[Si](c1ccccc1)(c1ccccc1)C(C)(C)C. The third-order valence-corrected chi connectivity index (χ3v) is 9.61. The predicted molar refractivity (Wildman–Crippen MR) is 106 cm³/mol. The Kier molecular flexibility index (Phi) is 6.04. The van der Waals surface area contributed by atoms with Crippen molar-refractivity contribution in [3.05, 3.63) is 60.7 Å². The molecule has 0 heterocycles. The fourth-order valence-electron chi connectivity index (χ4n) is 3.23. The van der Waals surface area contributed by atoms with Crippen molar-refractivity contribution in [2.45, 2.75) is 39.2 Å². The molecule has 0 spiro atoms. The average Bonchev–Trinajstić information content (AvgIpc) is 2.59. The van der Waals surface area contributed by atoms with Gasteiger partial charge in [0.1, 0.15) is 0 Å². The molecule has 0 aliphatic heterocycles. The van der Waals surface area contributed by atoms with E-state index in [1.54, 1.807) is 0 Å². The molecule has 0 bridgehead atoms. The highest BCUT2D eigenvalue weighted by Crippen LogP contribution is 2.36. The Morgan fingerprint density at radius 2 is 1.42 bits per heavy atom. The molecule has 0 aliphatic rings. The summed E-state index contributed by atoms with van der Waals surface area (Å²) in [5, 5.41) is 2.66. The van der Waals surface area contributed by atoms with Crippen LogP contribution in [0.1, 0.15) is 34.1 Å². The first-order valence-electron chi connectivity index (χ1n) is 8.63. The highest BCUT2D eigenvalue weighted by atomic mass is 28.4. The molecule has 0 saturated heterocycles. The highest BCUT2D eigenvalue weighted by molar-refractivity contribution is 6.99. The van der Waals surface area contributed by atoms with Gasteiger partial charge in [0.25, 0.3) is 8.32 Å². The Hall–Kier alpha value is -1.82. The van der Waals surface area contributed by atoms with Gasteiger partial charge in [-0.2, -0.15) is 0 Å². The van der Waals surface area contributed by atoms with Crippen LogP contribution in [0, 0.1) is 18.3 Å². The monoisotopic (exact) mass is 336 g/mol. The van der Waals surface area contributed by atoms with Crippen molar-refractivity contribution in [3.63, 3.8) is 0 Å². The zero-order chi connectivity index (χ0) is 17.6. The van der Waals surface area contributed by atoms with Crippen molar-refractivity contribution in [3.8, 4) is 12.3 Å². The van der Waals surface area contributed by atoms with Crippen molar-refractivity contribution in [2.24, 2.45) is 5.92 Å². The van der Waals surface area contributed by atoms with Gasteiger partial charge >= 0.3 is 0 Å². The van der Waals surface area contributed by atoms with Crippen molar-refractivity contribution >= 4 is 18.7 Å². The Balaban J connectivity index is 2.52. The van der Waals surface area contributed by atoms with E-state index in [-0.39, 0.29) is 11.0 Å². The lowest BCUT2D eigenvalue weighted by Crippen LogP contribution is -2.66. The van der Waals surface area contributed by atoms with Crippen LogP contribution in [-0.2, 0) is 4.43 Å². The number of benzene rings is 2. The molecule has 0 unspecified atom stereocenters. The molecule has 2 rings (SSSR count). The lowest BCUT2D eigenvalue weighted by atomic mass is 10.1. The summed E-state index contributed by atoms with van der Waals surface area (Å²) in [6, 6.07) is 21.4. The second-order valence-electron chi connectivity index (χ2n) is 7.37. The summed E-state index contributed by atoms with van der Waals surface area (Å²) in [5.41, 5.74) is 0. The zero-order valence-corrected chi connectivity index (χ0v) is 16.3. The van der Waals surface area contributed by atoms with Crippen molar-refractivity contribution in [1.29, 1.82) is 0 Å². The summed E-state index contributed by atoms with van der Waals surface area (Å²) in [4.78, 5) is 0. The molecule has 1 atom stereocenters. The summed E-state index contributed by atoms with van der Waals surface area (Å²) in [6.07, 6.45) is 6.43. The van der Waals surface area contributed by atoms with Gasteiger partial charge in [-0.1, -0.05) is 88.4 Å². The van der Waals surface area contributed by atoms with Crippen LogP contribution < -0.4 is 10.4 Å². The fourth-order valence-corrected chi connectivity index (χ4v) is 7.81. The van der Waals surface area contributed by atoms with Crippen LogP contribution in [0.3, 0.4) is 0 Å². The Bertz CT molecular complexity index is 625. The van der Waals surface area contributed by atoms with Crippen molar-refractivity contribution in [1.82, 2.24) is 0 Å². The molecule has 0 aliphatic carbocycles. The van der Waals surface area contributed by atoms with Crippen LogP contribution in [0.5, 0.6) is 0 Å². The van der Waals surface area contributed by atoms with Crippen LogP contribution in [-0.4, -0.2) is 14.9 Å². The van der Waals surface area contributed by atoms with Gasteiger partial charge in [0.15, 0.2) is 0 Å².